The van der Waals surface area contributed by atoms with Gasteiger partial charge < -0.3 is 19.7 Å². The normalized spacial score (nSPS) is 16.6. The van der Waals surface area contributed by atoms with Gasteiger partial charge in [0.15, 0.2) is 5.82 Å². The molecule has 37 heavy (non-hydrogen) atoms. The number of nitrogens with zero attached hydrogens (tertiary/aromatic N) is 4. The molecule has 1 saturated heterocycles. The van der Waals surface area contributed by atoms with E-state index < -0.39 is 0 Å². The van der Waals surface area contributed by atoms with Gasteiger partial charge in [-0.1, -0.05) is 29.5 Å². The first kappa shape index (κ1) is 24.8. The number of fused-ring (bicyclic) bond motifs is 1. The van der Waals surface area contributed by atoms with Gasteiger partial charge in [-0.25, -0.2) is 19.7 Å². The number of rotatable bonds is 5. The largest absolute Gasteiger partial charge is 0.445 e. The lowest BCUT2D eigenvalue weighted by Gasteiger charge is -2.15. The first-order valence-corrected chi connectivity index (χ1v) is 12.7. The minimum absolute atomic E-state index is 0.0529. The second-order valence-electron chi connectivity index (χ2n) is 8.45. The molecule has 0 bridgehead atoms. The molecular weight excluding hydrogens is 512 g/mol. The minimum atomic E-state index is -0.347. The smallest absolute Gasteiger partial charge is 0.409 e. The predicted molar refractivity (Wildman–Crippen MR) is 144 cm³/mol. The van der Waals surface area contributed by atoms with Crippen molar-refractivity contribution in [1.29, 1.82) is 0 Å². The average Bonchev–Trinajstić information content (AvgIpc) is 3.52. The summed E-state index contributed by atoms with van der Waals surface area (Å²) < 4.78 is 12.1. The van der Waals surface area contributed by atoms with E-state index >= 15 is 0 Å². The Hall–Kier alpha value is -3.91. The van der Waals surface area contributed by atoms with E-state index in [0.717, 1.165) is 20.8 Å². The van der Waals surface area contributed by atoms with Crippen molar-refractivity contribution in [2.24, 2.45) is 0 Å². The van der Waals surface area contributed by atoms with E-state index in [4.69, 9.17) is 21.1 Å². The number of carbonyl (C=O) groups excluding carboxylic acids is 1. The Kier molecular flexibility index (Phi) is 7.37. The van der Waals surface area contributed by atoms with Crippen LogP contribution in [-0.4, -0.2) is 58.7 Å². The van der Waals surface area contributed by atoms with Crippen LogP contribution in [0.15, 0.2) is 55.0 Å². The van der Waals surface area contributed by atoms with E-state index in [1.165, 1.54) is 22.6 Å². The zero-order valence-corrected chi connectivity index (χ0v) is 21.6. The number of ether oxygens (including phenoxy) is 2. The van der Waals surface area contributed by atoms with E-state index in [9.17, 15) is 4.79 Å². The number of hydrogen-bond donors (Lipinski definition) is 2. The topological polar surface area (TPSA) is 102 Å². The third-order valence-corrected chi connectivity index (χ3v) is 6.79. The highest BCUT2D eigenvalue weighted by Crippen LogP contribution is 2.34. The molecule has 5 rings (SSSR count). The van der Waals surface area contributed by atoms with E-state index in [0.29, 0.717) is 35.4 Å². The van der Waals surface area contributed by atoms with Crippen LogP contribution in [0.25, 0.3) is 10.2 Å². The highest BCUT2D eigenvalue weighted by atomic mass is 35.5. The van der Waals surface area contributed by atoms with Crippen LogP contribution in [0.1, 0.15) is 11.3 Å². The third kappa shape index (κ3) is 6.09. The van der Waals surface area contributed by atoms with Crippen molar-refractivity contribution in [3.05, 3.63) is 64.9 Å². The number of benzene rings is 1. The molecule has 4 aromatic rings. The molecule has 0 aliphatic carbocycles. The number of hydrogen-bond acceptors (Lipinski definition) is 9. The SMILES string of the molecule is CN(C)C(=O)O[C@@H]1CN[C@@H](C#Cc2cc3ncnc(Nc4ccc(Oc5ccccn5)c(Cl)c4)c3s2)C1. The maximum Gasteiger partial charge on any atom is 0.409 e. The van der Waals surface area contributed by atoms with E-state index in [-0.39, 0.29) is 18.2 Å². The summed E-state index contributed by atoms with van der Waals surface area (Å²) in [5, 5.41) is 7.05. The standard InChI is InChI=1S/C26H23ClN6O3S/c1-33(2)26(34)35-18-11-16(29-14-18)6-8-19-13-21-24(37-19)25(31-15-30-21)32-17-7-9-22(20(27)12-17)36-23-5-3-4-10-28-23/h3-5,7,9-10,12-13,15-16,18,29H,11,14H2,1-2H3,(H,30,31,32)/t16-,18-/m0/s1. The van der Waals surface area contributed by atoms with Gasteiger partial charge >= 0.3 is 6.09 Å². The molecule has 0 unspecified atom stereocenters. The van der Waals surface area contributed by atoms with Gasteiger partial charge in [0.25, 0.3) is 0 Å². The molecule has 1 aliphatic rings. The van der Waals surface area contributed by atoms with Gasteiger partial charge in [0.1, 0.15) is 18.2 Å². The molecule has 0 radical (unpaired) electrons. The Bertz CT molecular complexity index is 1480. The number of anilines is 2. The highest BCUT2D eigenvalue weighted by molar-refractivity contribution is 7.20. The van der Waals surface area contributed by atoms with Crippen molar-refractivity contribution in [3.8, 4) is 23.5 Å². The molecule has 1 fully saturated rings. The van der Waals surface area contributed by atoms with E-state index in [1.807, 2.05) is 24.3 Å². The number of amides is 1. The summed E-state index contributed by atoms with van der Waals surface area (Å²) in [5.74, 6) is 8.08. The molecule has 9 nitrogen and oxygen atoms in total. The number of thiophene rings is 1. The summed E-state index contributed by atoms with van der Waals surface area (Å²) in [4.78, 5) is 27.0. The summed E-state index contributed by atoms with van der Waals surface area (Å²) in [6, 6.07) is 12.7. The van der Waals surface area contributed by atoms with Crippen molar-refractivity contribution in [3.63, 3.8) is 0 Å². The summed E-state index contributed by atoms with van der Waals surface area (Å²) in [6.45, 7) is 0.582. The van der Waals surface area contributed by atoms with Gasteiger partial charge in [-0.05, 0) is 30.3 Å². The van der Waals surface area contributed by atoms with Gasteiger partial charge in [-0.2, -0.15) is 0 Å². The number of carbonyl (C=O) groups is 1. The maximum atomic E-state index is 11.8. The molecule has 0 saturated carbocycles. The Morgan fingerprint density at radius 1 is 1.22 bits per heavy atom. The fourth-order valence-electron chi connectivity index (χ4n) is 3.63. The van der Waals surface area contributed by atoms with Crippen LogP contribution in [0.4, 0.5) is 16.3 Å². The summed E-state index contributed by atoms with van der Waals surface area (Å²) in [5.41, 5.74) is 1.55. The average molecular weight is 535 g/mol. The predicted octanol–water partition coefficient (Wildman–Crippen LogP) is 5.06. The summed E-state index contributed by atoms with van der Waals surface area (Å²) >= 11 is 7.95. The molecule has 188 valence electrons. The van der Waals surface area contributed by atoms with Crippen molar-refractivity contribution in [1.82, 2.24) is 25.2 Å². The second kappa shape index (κ2) is 11.0. The number of aromatic nitrogens is 3. The van der Waals surface area contributed by atoms with Crippen LogP contribution >= 0.6 is 22.9 Å². The highest BCUT2D eigenvalue weighted by Gasteiger charge is 2.26. The summed E-state index contributed by atoms with van der Waals surface area (Å²) in [6.07, 6.45) is 3.27. The molecule has 1 amide bonds. The number of halogens is 1. The molecule has 1 aromatic carbocycles. The Labute approximate surface area is 222 Å². The van der Waals surface area contributed by atoms with Crippen LogP contribution in [0.3, 0.4) is 0 Å². The summed E-state index contributed by atoms with van der Waals surface area (Å²) in [7, 11) is 3.33. The van der Waals surface area contributed by atoms with Crippen LogP contribution in [0.5, 0.6) is 11.6 Å². The van der Waals surface area contributed by atoms with Crippen LogP contribution < -0.4 is 15.4 Å². The molecular formula is C26H23ClN6O3S. The van der Waals surface area contributed by atoms with Crippen LogP contribution in [0, 0.1) is 11.8 Å². The van der Waals surface area contributed by atoms with Crippen molar-refractivity contribution in [2.45, 2.75) is 18.6 Å². The van der Waals surface area contributed by atoms with Crippen LogP contribution in [-0.2, 0) is 4.74 Å². The van der Waals surface area contributed by atoms with Crippen LogP contribution in [0.2, 0.25) is 5.02 Å². The fraction of sp³-hybridized carbons (Fsp3) is 0.231. The molecule has 2 atom stereocenters. The van der Waals surface area contributed by atoms with Gasteiger partial charge in [-0.15, -0.1) is 11.3 Å². The first-order chi connectivity index (χ1) is 17.9. The van der Waals surface area contributed by atoms with Crippen molar-refractivity contribution >= 4 is 50.8 Å². The molecule has 1 aliphatic heterocycles. The van der Waals surface area contributed by atoms with Gasteiger partial charge in [-0.3, -0.25) is 5.32 Å². The molecule has 0 spiro atoms. The Morgan fingerprint density at radius 3 is 2.89 bits per heavy atom. The van der Waals surface area contributed by atoms with E-state index in [2.05, 4.69) is 37.4 Å². The molecule has 2 N–H and O–H groups in total. The minimum Gasteiger partial charge on any atom is -0.445 e. The zero-order chi connectivity index (χ0) is 25.8. The molecule has 11 heteroatoms. The Morgan fingerprint density at radius 2 is 2.11 bits per heavy atom. The molecule has 4 heterocycles. The fourth-order valence-corrected chi connectivity index (χ4v) is 4.77. The second-order valence-corrected chi connectivity index (χ2v) is 9.91. The molecule has 3 aromatic heterocycles. The van der Waals surface area contributed by atoms with Crippen molar-refractivity contribution in [2.75, 3.05) is 26.0 Å². The third-order valence-electron chi connectivity index (χ3n) is 5.45. The quantitative estimate of drug-likeness (QED) is 0.343. The number of pyridine rings is 1. The number of nitrogens with one attached hydrogen (secondary N) is 2. The Balaban J connectivity index is 1.27. The van der Waals surface area contributed by atoms with E-state index in [1.54, 1.807) is 38.5 Å². The van der Waals surface area contributed by atoms with Gasteiger partial charge in [0.2, 0.25) is 5.88 Å². The van der Waals surface area contributed by atoms with Gasteiger partial charge in [0.05, 0.1) is 26.2 Å². The lowest BCUT2D eigenvalue weighted by Crippen LogP contribution is -2.29. The van der Waals surface area contributed by atoms with Crippen molar-refractivity contribution < 1.29 is 14.3 Å². The lowest BCUT2D eigenvalue weighted by atomic mass is 10.2. The first-order valence-electron chi connectivity index (χ1n) is 11.5. The lowest BCUT2D eigenvalue weighted by molar-refractivity contribution is 0.0826. The monoisotopic (exact) mass is 534 g/mol. The van der Waals surface area contributed by atoms with Gasteiger partial charge in [0, 0.05) is 45.0 Å². The zero-order valence-electron chi connectivity index (χ0n) is 20.1. The maximum absolute atomic E-state index is 11.8.